The van der Waals surface area contributed by atoms with Gasteiger partial charge in [-0.25, -0.2) is 4.39 Å². The van der Waals surface area contributed by atoms with Crippen molar-refractivity contribution in [3.05, 3.63) is 89.5 Å². The first-order chi connectivity index (χ1) is 13.7. The summed E-state index contributed by atoms with van der Waals surface area (Å²) in [5, 5.41) is 5.55. The lowest BCUT2D eigenvalue weighted by Gasteiger charge is -2.23. The number of benzene rings is 2. The molecule has 0 spiro atoms. The first-order valence-electron chi connectivity index (χ1n) is 9.18. The molecule has 2 amide bonds. The summed E-state index contributed by atoms with van der Waals surface area (Å²) in [5.74, 6) is -1.21. The van der Waals surface area contributed by atoms with E-state index < -0.39 is 11.7 Å². The van der Waals surface area contributed by atoms with E-state index in [1.54, 1.807) is 6.07 Å². The number of nitrogens with zero attached hydrogens (tertiary/aromatic N) is 1. The van der Waals surface area contributed by atoms with Gasteiger partial charge in [-0.05, 0) is 53.4 Å². The summed E-state index contributed by atoms with van der Waals surface area (Å²) in [5.41, 5.74) is 2.43. The van der Waals surface area contributed by atoms with E-state index in [2.05, 4.69) is 36.4 Å². The summed E-state index contributed by atoms with van der Waals surface area (Å²) < 4.78 is 13.0. The number of carbonyl (C=O) groups excluding carboxylic acids is 2. The molecule has 0 radical (unpaired) electrons. The zero-order valence-electron chi connectivity index (χ0n) is 16.5. The van der Waals surface area contributed by atoms with Crippen LogP contribution in [0.25, 0.3) is 0 Å². The smallest absolute Gasteiger partial charge is 0.274 e. The summed E-state index contributed by atoms with van der Waals surface area (Å²) in [6.45, 7) is 6.22. The molecule has 3 aromatic rings. The topological polar surface area (TPSA) is 71.1 Å². The molecule has 0 bridgehead atoms. The normalized spacial score (nSPS) is 11.0. The Hall–Kier alpha value is -3.54. The molecule has 0 saturated heterocycles. The van der Waals surface area contributed by atoms with E-state index in [4.69, 9.17) is 0 Å². The van der Waals surface area contributed by atoms with Crippen LogP contribution in [0.4, 0.5) is 15.8 Å². The van der Waals surface area contributed by atoms with Crippen molar-refractivity contribution in [1.82, 2.24) is 4.98 Å². The summed E-state index contributed by atoms with van der Waals surface area (Å²) in [6.07, 6.45) is 1.41. The number of para-hydroxylation sites is 1. The first-order valence-corrected chi connectivity index (χ1v) is 9.18. The molecule has 0 aliphatic heterocycles. The number of pyridine rings is 1. The molecule has 2 N–H and O–H groups in total. The van der Waals surface area contributed by atoms with Crippen LogP contribution in [0.5, 0.6) is 0 Å². The third kappa shape index (κ3) is 5.04. The Morgan fingerprint density at radius 3 is 2.28 bits per heavy atom. The maximum atomic E-state index is 13.0. The zero-order chi connectivity index (χ0) is 21.0. The van der Waals surface area contributed by atoms with Crippen molar-refractivity contribution in [2.24, 2.45) is 0 Å². The second-order valence-corrected chi connectivity index (χ2v) is 7.64. The van der Waals surface area contributed by atoms with Crippen molar-refractivity contribution in [1.29, 1.82) is 0 Å². The molecule has 0 aliphatic carbocycles. The fourth-order valence-corrected chi connectivity index (χ4v) is 2.86. The number of hydrogen-bond donors (Lipinski definition) is 2. The third-order valence-electron chi connectivity index (χ3n) is 4.34. The summed E-state index contributed by atoms with van der Waals surface area (Å²) in [6, 6.07) is 16.0. The van der Waals surface area contributed by atoms with Crippen LogP contribution in [-0.4, -0.2) is 16.8 Å². The number of carbonyl (C=O) groups is 2. The number of halogens is 1. The van der Waals surface area contributed by atoms with E-state index in [-0.39, 0.29) is 17.0 Å². The van der Waals surface area contributed by atoms with Crippen molar-refractivity contribution < 1.29 is 14.0 Å². The lowest BCUT2D eigenvalue weighted by molar-refractivity contribution is 0.102. The average molecular weight is 391 g/mol. The van der Waals surface area contributed by atoms with Crippen LogP contribution in [0, 0.1) is 5.82 Å². The molecular weight excluding hydrogens is 369 g/mol. The second kappa shape index (κ2) is 8.22. The third-order valence-corrected chi connectivity index (χ3v) is 4.34. The number of nitrogens with one attached hydrogen (secondary N) is 2. The monoisotopic (exact) mass is 391 g/mol. The number of amides is 2. The molecule has 2 aromatic carbocycles. The van der Waals surface area contributed by atoms with Gasteiger partial charge in [0.1, 0.15) is 11.5 Å². The van der Waals surface area contributed by atoms with Crippen LogP contribution in [0.1, 0.15) is 47.2 Å². The molecule has 0 unspecified atom stereocenters. The lowest BCUT2D eigenvalue weighted by Crippen LogP contribution is -2.20. The van der Waals surface area contributed by atoms with Gasteiger partial charge in [-0.3, -0.25) is 14.6 Å². The van der Waals surface area contributed by atoms with Crippen molar-refractivity contribution >= 4 is 23.2 Å². The predicted molar refractivity (Wildman–Crippen MR) is 112 cm³/mol. The Morgan fingerprint density at radius 2 is 1.59 bits per heavy atom. The minimum atomic E-state index is -0.485. The van der Waals surface area contributed by atoms with Gasteiger partial charge in [-0.15, -0.1) is 0 Å². The Kier molecular flexibility index (Phi) is 5.73. The molecule has 3 rings (SSSR count). The summed E-state index contributed by atoms with van der Waals surface area (Å²) in [4.78, 5) is 29.2. The maximum absolute atomic E-state index is 13.0. The predicted octanol–water partition coefficient (Wildman–Crippen LogP) is 5.02. The van der Waals surface area contributed by atoms with E-state index >= 15 is 0 Å². The molecule has 6 heteroatoms. The van der Waals surface area contributed by atoms with Crippen LogP contribution in [0.3, 0.4) is 0 Å². The van der Waals surface area contributed by atoms with Gasteiger partial charge in [0.25, 0.3) is 11.8 Å². The largest absolute Gasteiger partial charge is 0.322 e. The Bertz CT molecular complexity index is 1040. The minimum Gasteiger partial charge on any atom is -0.322 e. The van der Waals surface area contributed by atoms with Crippen LogP contribution in [0.2, 0.25) is 0 Å². The molecule has 0 saturated carbocycles. The van der Waals surface area contributed by atoms with Gasteiger partial charge in [0.2, 0.25) is 0 Å². The number of rotatable bonds is 4. The fourth-order valence-electron chi connectivity index (χ4n) is 2.86. The van der Waals surface area contributed by atoms with Gasteiger partial charge in [-0.2, -0.15) is 0 Å². The van der Waals surface area contributed by atoms with Crippen molar-refractivity contribution in [2.75, 3.05) is 10.6 Å². The highest BCUT2D eigenvalue weighted by Crippen LogP contribution is 2.29. The van der Waals surface area contributed by atoms with E-state index in [1.165, 1.54) is 36.5 Å². The van der Waals surface area contributed by atoms with E-state index in [0.717, 1.165) is 11.3 Å². The number of hydrogen-bond acceptors (Lipinski definition) is 3. The molecule has 1 heterocycles. The zero-order valence-corrected chi connectivity index (χ0v) is 16.5. The van der Waals surface area contributed by atoms with E-state index in [1.807, 2.05) is 24.3 Å². The Morgan fingerprint density at radius 1 is 0.897 bits per heavy atom. The Balaban J connectivity index is 1.78. The van der Waals surface area contributed by atoms with Gasteiger partial charge in [0.15, 0.2) is 0 Å². The highest BCUT2D eigenvalue weighted by Gasteiger charge is 2.19. The summed E-state index contributed by atoms with van der Waals surface area (Å²) in [7, 11) is 0. The SMILES string of the molecule is CC(C)(C)c1ccccc1NC(=O)c1ccnc(C(=O)Nc2ccc(F)cc2)c1. The molecular formula is C23H22FN3O2. The van der Waals surface area contributed by atoms with Crippen LogP contribution < -0.4 is 10.6 Å². The quantitative estimate of drug-likeness (QED) is 0.656. The average Bonchev–Trinajstić information content (AvgIpc) is 2.69. The van der Waals surface area contributed by atoms with Crippen molar-refractivity contribution in [2.45, 2.75) is 26.2 Å². The van der Waals surface area contributed by atoms with Gasteiger partial charge >= 0.3 is 0 Å². The molecule has 0 aliphatic rings. The molecule has 0 fully saturated rings. The van der Waals surface area contributed by atoms with Gasteiger partial charge in [-0.1, -0.05) is 39.0 Å². The molecule has 0 atom stereocenters. The number of aromatic nitrogens is 1. The van der Waals surface area contributed by atoms with Gasteiger partial charge < -0.3 is 10.6 Å². The van der Waals surface area contributed by atoms with Gasteiger partial charge in [0, 0.05) is 23.1 Å². The van der Waals surface area contributed by atoms with Crippen molar-refractivity contribution in [3.8, 4) is 0 Å². The van der Waals surface area contributed by atoms with Gasteiger partial charge in [0.05, 0.1) is 0 Å². The summed E-state index contributed by atoms with van der Waals surface area (Å²) >= 11 is 0. The lowest BCUT2D eigenvalue weighted by atomic mass is 9.86. The second-order valence-electron chi connectivity index (χ2n) is 7.64. The van der Waals surface area contributed by atoms with Crippen LogP contribution in [-0.2, 0) is 5.41 Å². The van der Waals surface area contributed by atoms with E-state index in [0.29, 0.717) is 11.3 Å². The fraction of sp³-hybridized carbons (Fsp3) is 0.174. The van der Waals surface area contributed by atoms with Crippen molar-refractivity contribution in [3.63, 3.8) is 0 Å². The molecule has 1 aromatic heterocycles. The van der Waals surface area contributed by atoms with Crippen LogP contribution in [0.15, 0.2) is 66.9 Å². The molecule has 148 valence electrons. The molecule has 29 heavy (non-hydrogen) atoms. The van der Waals surface area contributed by atoms with Crippen LogP contribution >= 0.6 is 0 Å². The number of anilines is 2. The van der Waals surface area contributed by atoms with E-state index in [9.17, 15) is 14.0 Å². The first kappa shape index (κ1) is 20.2. The standard InChI is InChI=1S/C23H22FN3O2/c1-23(2,3)18-6-4-5-7-19(18)27-21(28)15-12-13-25-20(14-15)22(29)26-17-10-8-16(24)9-11-17/h4-14H,1-3H3,(H,26,29)(H,27,28). The highest BCUT2D eigenvalue weighted by molar-refractivity contribution is 6.08. The highest BCUT2D eigenvalue weighted by atomic mass is 19.1. The molecule has 5 nitrogen and oxygen atoms in total. The Labute approximate surface area is 169 Å². The maximum Gasteiger partial charge on any atom is 0.274 e. The minimum absolute atomic E-state index is 0.0890.